The fourth-order valence-corrected chi connectivity index (χ4v) is 7.85. The average Bonchev–Trinajstić information content (AvgIpc) is 3.49. The van der Waals surface area contributed by atoms with Crippen LogP contribution in [0.1, 0.15) is 53.8 Å². The van der Waals surface area contributed by atoms with Gasteiger partial charge in [0.05, 0.1) is 5.41 Å². The third-order valence-electron chi connectivity index (χ3n) is 10.1. The molecule has 0 bridgehead atoms. The van der Waals surface area contributed by atoms with E-state index < -0.39 is 0 Å². The molecule has 0 amide bonds. The predicted octanol–water partition coefficient (Wildman–Crippen LogP) is 10.5. The lowest BCUT2D eigenvalue weighted by molar-refractivity contribution is 0.695. The van der Waals surface area contributed by atoms with Crippen LogP contribution in [0.4, 0.5) is 0 Å². The van der Waals surface area contributed by atoms with Crippen molar-refractivity contribution in [1.29, 1.82) is 0 Å². The van der Waals surface area contributed by atoms with Crippen LogP contribution >= 0.6 is 0 Å². The molecule has 1 unspecified atom stereocenters. The molecule has 0 fully saturated rings. The summed E-state index contributed by atoms with van der Waals surface area (Å²) in [6, 6.07) is 41.2. The molecule has 2 heterocycles. The van der Waals surface area contributed by atoms with Crippen LogP contribution in [-0.4, -0.2) is 19.9 Å². The summed E-state index contributed by atoms with van der Waals surface area (Å²) < 4.78 is 0. The Hall–Kier alpha value is -6.00. The van der Waals surface area contributed by atoms with E-state index in [1.165, 1.54) is 39.0 Å². The molecule has 49 heavy (non-hydrogen) atoms. The Kier molecular flexibility index (Phi) is 7.27. The van der Waals surface area contributed by atoms with Crippen LogP contribution in [0.25, 0.3) is 45.0 Å². The fraction of sp³-hybridized carbons (Fsp3) is 0.111. The number of aromatic nitrogens is 4. The minimum Gasteiger partial charge on any atom is -0.265 e. The highest BCUT2D eigenvalue weighted by Crippen LogP contribution is 2.57. The average molecular weight is 631 g/mol. The molecule has 3 aliphatic carbocycles. The summed E-state index contributed by atoms with van der Waals surface area (Å²) >= 11 is 0. The highest BCUT2D eigenvalue weighted by Gasteiger charge is 2.47. The van der Waals surface area contributed by atoms with Crippen molar-refractivity contribution in [3.05, 3.63) is 192 Å². The maximum atomic E-state index is 5.04. The molecule has 0 radical (unpaired) electrons. The Morgan fingerprint density at radius 1 is 0.531 bits per heavy atom. The Labute approximate surface area is 287 Å². The summed E-state index contributed by atoms with van der Waals surface area (Å²) in [6.45, 7) is 0. The maximum Gasteiger partial charge on any atom is 0.164 e. The first kappa shape index (κ1) is 29.2. The molecule has 1 atom stereocenters. The lowest BCUT2D eigenvalue weighted by Crippen LogP contribution is -2.30. The number of fused-ring (bicyclic) bond motifs is 2. The lowest BCUT2D eigenvalue weighted by Gasteiger charge is -2.36. The SMILES string of the molecule is C1=CCCC(c2nc(-c3ccccc3)nc(-c3cccc(-c4ccc5c(c4)C4=C(CCC=C4)C5(c4ccccc4)c4ccncc4)c3)n2)=C1. The highest BCUT2D eigenvalue weighted by atomic mass is 15.0. The van der Waals surface area contributed by atoms with Crippen LogP contribution in [-0.2, 0) is 5.41 Å². The number of hydrogen-bond donors (Lipinski definition) is 0. The van der Waals surface area contributed by atoms with Crippen molar-refractivity contribution < 1.29 is 0 Å². The monoisotopic (exact) mass is 630 g/mol. The zero-order chi connectivity index (χ0) is 32.6. The third-order valence-corrected chi connectivity index (χ3v) is 10.1. The van der Waals surface area contributed by atoms with E-state index in [9.17, 15) is 0 Å². The molecule has 0 aliphatic heterocycles. The minimum absolute atomic E-state index is 0.363. The topological polar surface area (TPSA) is 51.6 Å². The summed E-state index contributed by atoms with van der Waals surface area (Å²) in [6.07, 6.45) is 18.9. The van der Waals surface area contributed by atoms with E-state index >= 15 is 0 Å². The van der Waals surface area contributed by atoms with E-state index in [2.05, 4.69) is 132 Å². The maximum absolute atomic E-state index is 5.04. The van der Waals surface area contributed by atoms with Crippen molar-refractivity contribution >= 4 is 11.1 Å². The molecule has 0 saturated carbocycles. The summed E-state index contributed by atoms with van der Waals surface area (Å²) in [5.74, 6) is 2.12. The number of benzene rings is 4. The van der Waals surface area contributed by atoms with Gasteiger partial charge in [0.25, 0.3) is 0 Å². The molecule has 4 heteroatoms. The molecule has 6 aromatic rings. The summed E-state index contributed by atoms with van der Waals surface area (Å²) in [5, 5.41) is 0. The van der Waals surface area contributed by atoms with Gasteiger partial charge < -0.3 is 0 Å². The van der Waals surface area contributed by atoms with Gasteiger partial charge in [0, 0.05) is 23.5 Å². The van der Waals surface area contributed by atoms with Crippen LogP contribution < -0.4 is 0 Å². The van der Waals surface area contributed by atoms with E-state index in [1.807, 2.05) is 30.6 Å². The zero-order valence-electron chi connectivity index (χ0n) is 27.1. The van der Waals surface area contributed by atoms with Gasteiger partial charge in [-0.15, -0.1) is 0 Å². The van der Waals surface area contributed by atoms with Crippen LogP contribution in [0.3, 0.4) is 0 Å². The molecule has 2 aromatic heterocycles. The molecule has 4 nitrogen and oxygen atoms in total. The first-order valence-electron chi connectivity index (χ1n) is 17.1. The Balaban J connectivity index is 1.18. The molecule has 4 aromatic carbocycles. The first-order valence-corrected chi connectivity index (χ1v) is 17.1. The molecule has 9 rings (SSSR count). The van der Waals surface area contributed by atoms with E-state index in [0.717, 1.165) is 53.8 Å². The number of nitrogens with zero attached hydrogens (tertiary/aromatic N) is 4. The largest absolute Gasteiger partial charge is 0.265 e. The summed E-state index contributed by atoms with van der Waals surface area (Å²) in [5.41, 5.74) is 13.0. The number of hydrogen-bond acceptors (Lipinski definition) is 4. The Morgan fingerprint density at radius 3 is 2.00 bits per heavy atom. The number of allylic oxidation sites excluding steroid dienone is 8. The van der Waals surface area contributed by atoms with Gasteiger partial charge in [0.1, 0.15) is 0 Å². The van der Waals surface area contributed by atoms with Crippen LogP contribution in [0.2, 0.25) is 0 Å². The number of pyridine rings is 1. The van der Waals surface area contributed by atoms with E-state index in [0.29, 0.717) is 11.6 Å². The van der Waals surface area contributed by atoms with Crippen LogP contribution in [0.15, 0.2) is 164 Å². The van der Waals surface area contributed by atoms with Crippen molar-refractivity contribution in [2.45, 2.75) is 31.1 Å². The summed E-state index contributed by atoms with van der Waals surface area (Å²) in [7, 11) is 0. The van der Waals surface area contributed by atoms with Crippen molar-refractivity contribution in [1.82, 2.24) is 19.9 Å². The van der Waals surface area contributed by atoms with Gasteiger partial charge >= 0.3 is 0 Å². The van der Waals surface area contributed by atoms with Crippen molar-refractivity contribution in [2.75, 3.05) is 0 Å². The molecular weight excluding hydrogens is 597 g/mol. The van der Waals surface area contributed by atoms with Crippen molar-refractivity contribution in [3.63, 3.8) is 0 Å². The predicted molar refractivity (Wildman–Crippen MR) is 198 cm³/mol. The normalized spacial score (nSPS) is 17.8. The standard InChI is InChI=1S/C45H34N4/c1-4-13-31(14-5-1)42-47-43(32-15-6-2-7-16-32)49-44(48-42)35-18-12-17-33(29-35)34-23-24-41-39(30-34)38-21-10-11-22-40(38)45(41,36-19-8-3-9-20-36)37-25-27-46-28-26-37/h1-6,8-10,12-15,17-21,23-30H,7,11,16,22H2. The molecule has 0 spiro atoms. The van der Waals surface area contributed by atoms with Gasteiger partial charge in [-0.25, -0.2) is 15.0 Å². The Bertz CT molecular complexity index is 2280. The van der Waals surface area contributed by atoms with Crippen LogP contribution in [0.5, 0.6) is 0 Å². The van der Waals surface area contributed by atoms with Gasteiger partial charge in [-0.05, 0) is 100 Å². The summed E-state index contributed by atoms with van der Waals surface area (Å²) in [4.78, 5) is 19.4. The van der Waals surface area contributed by atoms with Gasteiger partial charge in [-0.2, -0.15) is 0 Å². The first-order chi connectivity index (χ1) is 24.3. The smallest absolute Gasteiger partial charge is 0.164 e. The quantitative estimate of drug-likeness (QED) is 0.184. The second-order valence-corrected chi connectivity index (χ2v) is 12.9. The van der Waals surface area contributed by atoms with Crippen molar-refractivity contribution in [3.8, 4) is 33.9 Å². The second kappa shape index (κ2) is 12.2. The van der Waals surface area contributed by atoms with E-state index in [1.54, 1.807) is 0 Å². The lowest BCUT2D eigenvalue weighted by atomic mass is 9.65. The molecule has 0 N–H and O–H groups in total. The molecular formula is C45H34N4. The van der Waals surface area contributed by atoms with Crippen LogP contribution in [0, 0.1) is 0 Å². The molecule has 234 valence electrons. The van der Waals surface area contributed by atoms with Gasteiger partial charge in [-0.3, -0.25) is 4.98 Å². The van der Waals surface area contributed by atoms with E-state index in [-0.39, 0.29) is 5.41 Å². The third kappa shape index (κ3) is 4.99. The molecule has 0 saturated heterocycles. The second-order valence-electron chi connectivity index (χ2n) is 12.9. The number of rotatable bonds is 6. The highest BCUT2D eigenvalue weighted by molar-refractivity contribution is 5.92. The Morgan fingerprint density at radius 2 is 1.20 bits per heavy atom. The van der Waals surface area contributed by atoms with Crippen molar-refractivity contribution in [2.24, 2.45) is 0 Å². The van der Waals surface area contributed by atoms with Gasteiger partial charge in [0.15, 0.2) is 17.5 Å². The van der Waals surface area contributed by atoms with Gasteiger partial charge in [0.2, 0.25) is 0 Å². The minimum atomic E-state index is -0.363. The van der Waals surface area contributed by atoms with E-state index in [4.69, 9.17) is 15.0 Å². The molecule has 3 aliphatic rings. The zero-order valence-corrected chi connectivity index (χ0v) is 27.1. The van der Waals surface area contributed by atoms with Gasteiger partial charge in [-0.1, -0.05) is 121 Å². The fourth-order valence-electron chi connectivity index (χ4n) is 7.85.